The van der Waals surface area contributed by atoms with Crippen LogP contribution in [0.3, 0.4) is 0 Å². The third kappa shape index (κ3) is 2.78. The minimum absolute atomic E-state index is 0.197. The number of nitrogens with zero attached hydrogens (tertiary/aromatic N) is 2. The molecule has 0 fully saturated rings. The summed E-state index contributed by atoms with van der Waals surface area (Å²) in [4.78, 5) is 22.8. The number of aromatic amines is 1. The average Bonchev–Trinajstić information content (AvgIpc) is 2.89. The number of amides is 1. The Labute approximate surface area is 109 Å². The van der Waals surface area contributed by atoms with Crippen molar-refractivity contribution in [2.45, 2.75) is 6.54 Å². The molecule has 0 atom stereocenters. The van der Waals surface area contributed by atoms with Crippen LogP contribution in [0.5, 0.6) is 0 Å². The van der Waals surface area contributed by atoms with Gasteiger partial charge in [-0.15, -0.1) is 0 Å². The van der Waals surface area contributed by atoms with E-state index >= 15 is 0 Å². The molecule has 0 aliphatic rings. The van der Waals surface area contributed by atoms with Crippen LogP contribution in [0.25, 0.3) is 0 Å². The number of anilines is 1. The molecule has 0 aliphatic heterocycles. The molecule has 94 valence electrons. The van der Waals surface area contributed by atoms with Gasteiger partial charge in [0, 0.05) is 13.2 Å². The van der Waals surface area contributed by atoms with E-state index in [0.29, 0.717) is 17.4 Å². The van der Waals surface area contributed by atoms with Crippen LogP contribution in [-0.4, -0.2) is 27.9 Å². The molecule has 7 heteroatoms. The van der Waals surface area contributed by atoms with Gasteiger partial charge >= 0.3 is 0 Å². The molecule has 0 aromatic carbocycles. The maximum absolute atomic E-state index is 11.9. The van der Waals surface area contributed by atoms with Crippen LogP contribution in [0.2, 0.25) is 5.02 Å². The highest BCUT2D eigenvalue weighted by Gasteiger charge is 2.12. The molecular weight excluding hydrogens is 254 g/mol. The lowest BCUT2D eigenvalue weighted by atomic mass is 10.3. The SMILES string of the molecule is CNc1ccc(Cl)c(C(=O)NCc2cnc[nH]2)n1. The summed E-state index contributed by atoms with van der Waals surface area (Å²) in [6.07, 6.45) is 3.19. The maximum Gasteiger partial charge on any atom is 0.271 e. The van der Waals surface area contributed by atoms with Gasteiger partial charge in [0.05, 0.1) is 23.6 Å². The molecule has 2 aromatic heterocycles. The highest BCUT2D eigenvalue weighted by Crippen LogP contribution is 2.16. The summed E-state index contributed by atoms with van der Waals surface area (Å²) in [7, 11) is 1.72. The summed E-state index contributed by atoms with van der Waals surface area (Å²) in [6, 6.07) is 3.33. The number of hydrogen-bond donors (Lipinski definition) is 3. The molecule has 0 aliphatic carbocycles. The second-order valence-corrected chi connectivity index (χ2v) is 3.94. The Morgan fingerprint density at radius 1 is 1.50 bits per heavy atom. The quantitative estimate of drug-likeness (QED) is 0.781. The third-order valence-corrected chi connectivity index (χ3v) is 2.62. The standard InChI is InChI=1S/C11H12ClN5O/c1-13-9-3-2-8(12)10(17-9)11(18)15-5-7-4-14-6-16-7/h2-4,6H,5H2,1H3,(H,13,17)(H,14,16)(H,15,18). The Balaban J connectivity index is 2.08. The van der Waals surface area contributed by atoms with Gasteiger partial charge in [0.1, 0.15) is 11.5 Å². The van der Waals surface area contributed by atoms with E-state index in [1.54, 1.807) is 31.7 Å². The minimum Gasteiger partial charge on any atom is -0.373 e. The number of imidazole rings is 1. The molecule has 0 spiro atoms. The molecule has 1 amide bonds. The average molecular weight is 266 g/mol. The van der Waals surface area contributed by atoms with Crippen molar-refractivity contribution in [3.05, 3.63) is 41.1 Å². The van der Waals surface area contributed by atoms with E-state index in [1.165, 1.54) is 0 Å². The molecule has 3 N–H and O–H groups in total. The van der Waals surface area contributed by atoms with Crippen molar-refractivity contribution in [3.63, 3.8) is 0 Å². The Morgan fingerprint density at radius 3 is 3.00 bits per heavy atom. The van der Waals surface area contributed by atoms with Crippen LogP contribution >= 0.6 is 11.6 Å². The molecular formula is C11H12ClN5O. The third-order valence-electron chi connectivity index (χ3n) is 2.31. The van der Waals surface area contributed by atoms with Crippen LogP contribution in [0.1, 0.15) is 16.2 Å². The highest BCUT2D eigenvalue weighted by atomic mass is 35.5. The number of hydrogen-bond acceptors (Lipinski definition) is 4. The van der Waals surface area contributed by atoms with Crippen molar-refractivity contribution in [3.8, 4) is 0 Å². The van der Waals surface area contributed by atoms with E-state index in [1.807, 2.05) is 0 Å². The van der Waals surface area contributed by atoms with Crippen LogP contribution < -0.4 is 10.6 Å². The lowest BCUT2D eigenvalue weighted by Gasteiger charge is -2.06. The van der Waals surface area contributed by atoms with Gasteiger partial charge < -0.3 is 15.6 Å². The summed E-state index contributed by atoms with van der Waals surface area (Å²) in [5.41, 5.74) is 1.01. The number of rotatable bonds is 4. The normalized spacial score (nSPS) is 10.1. The van der Waals surface area contributed by atoms with Crippen molar-refractivity contribution in [1.29, 1.82) is 0 Å². The van der Waals surface area contributed by atoms with E-state index in [-0.39, 0.29) is 11.6 Å². The number of carbonyl (C=O) groups is 1. The monoisotopic (exact) mass is 265 g/mol. The smallest absolute Gasteiger partial charge is 0.271 e. The zero-order valence-corrected chi connectivity index (χ0v) is 10.5. The first-order chi connectivity index (χ1) is 8.70. The number of H-pyrrole nitrogens is 1. The van der Waals surface area contributed by atoms with Gasteiger partial charge in [0.25, 0.3) is 5.91 Å². The van der Waals surface area contributed by atoms with E-state index in [2.05, 4.69) is 25.6 Å². The van der Waals surface area contributed by atoms with E-state index < -0.39 is 0 Å². The van der Waals surface area contributed by atoms with Crippen LogP contribution in [0.4, 0.5) is 5.82 Å². The number of pyridine rings is 1. The number of carbonyl (C=O) groups excluding carboxylic acids is 1. The van der Waals surface area contributed by atoms with Crippen LogP contribution in [-0.2, 0) is 6.54 Å². The summed E-state index contributed by atoms with van der Waals surface area (Å²) in [5.74, 6) is 0.262. The maximum atomic E-state index is 11.9. The second kappa shape index (κ2) is 5.50. The Bertz CT molecular complexity index is 540. The first-order valence-corrected chi connectivity index (χ1v) is 5.68. The number of nitrogens with one attached hydrogen (secondary N) is 3. The topological polar surface area (TPSA) is 82.7 Å². The Kier molecular flexibility index (Phi) is 3.78. The minimum atomic E-state index is -0.327. The zero-order valence-electron chi connectivity index (χ0n) is 9.70. The predicted octanol–water partition coefficient (Wildman–Crippen LogP) is 1.43. The summed E-state index contributed by atoms with van der Waals surface area (Å²) < 4.78 is 0. The lowest BCUT2D eigenvalue weighted by Crippen LogP contribution is -2.24. The van der Waals surface area contributed by atoms with E-state index in [0.717, 1.165) is 5.69 Å². The van der Waals surface area contributed by atoms with Crippen molar-refractivity contribution < 1.29 is 4.79 Å². The van der Waals surface area contributed by atoms with Crippen molar-refractivity contribution in [2.75, 3.05) is 12.4 Å². The molecule has 0 radical (unpaired) electrons. The molecule has 0 saturated carbocycles. The number of aromatic nitrogens is 3. The van der Waals surface area contributed by atoms with Crippen LogP contribution in [0, 0.1) is 0 Å². The molecule has 18 heavy (non-hydrogen) atoms. The van der Waals surface area contributed by atoms with Gasteiger partial charge in [-0.25, -0.2) is 9.97 Å². The lowest BCUT2D eigenvalue weighted by molar-refractivity contribution is 0.0946. The largest absolute Gasteiger partial charge is 0.373 e. The van der Waals surface area contributed by atoms with E-state index in [4.69, 9.17) is 11.6 Å². The van der Waals surface area contributed by atoms with Crippen molar-refractivity contribution in [2.24, 2.45) is 0 Å². The fourth-order valence-electron chi connectivity index (χ4n) is 1.38. The highest BCUT2D eigenvalue weighted by molar-refractivity contribution is 6.33. The fraction of sp³-hybridized carbons (Fsp3) is 0.182. The first kappa shape index (κ1) is 12.4. The zero-order chi connectivity index (χ0) is 13.0. The van der Waals surface area contributed by atoms with Crippen molar-refractivity contribution >= 4 is 23.3 Å². The Hall–Kier alpha value is -2.08. The molecule has 0 saturated heterocycles. The molecule has 6 nitrogen and oxygen atoms in total. The molecule has 2 aromatic rings. The van der Waals surface area contributed by atoms with Gasteiger partial charge in [0.2, 0.25) is 0 Å². The fourth-order valence-corrected chi connectivity index (χ4v) is 1.57. The van der Waals surface area contributed by atoms with Crippen molar-refractivity contribution in [1.82, 2.24) is 20.3 Å². The van der Waals surface area contributed by atoms with E-state index in [9.17, 15) is 4.79 Å². The summed E-state index contributed by atoms with van der Waals surface area (Å²) in [5, 5.41) is 5.88. The van der Waals surface area contributed by atoms with Gasteiger partial charge in [-0.1, -0.05) is 11.6 Å². The summed E-state index contributed by atoms with van der Waals surface area (Å²) in [6.45, 7) is 0.348. The second-order valence-electron chi connectivity index (χ2n) is 3.54. The van der Waals surface area contributed by atoms with Gasteiger partial charge in [-0.05, 0) is 12.1 Å². The van der Waals surface area contributed by atoms with Crippen LogP contribution in [0.15, 0.2) is 24.7 Å². The Morgan fingerprint density at radius 2 is 2.33 bits per heavy atom. The van der Waals surface area contributed by atoms with Gasteiger partial charge in [0.15, 0.2) is 0 Å². The molecule has 2 rings (SSSR count). The summed E-state index contributed by atoms with van der Waals surface area (Å²) >= 11 is 5.94. The molecule has 0 unspecified atom stereocenters. The molecule has 2 heterocycles. The first-order valence-electron chi connectivity index (χ1n) is 5.30. The van der Waals surface area contributed by atoms with Gasteiger partial charge in [-0.3, -0.25) is 4.79 Å². The van der Waals surface area contributed by atoms with Gasteiger partial charge in [-0.2, -0.15) is 0 Å². The number of halogens is 1. The predicted molar refractivity (Wildman–Crippen MR) is 68.6 cm³/mol. The molecule has 0 bridgehead atoms.